The lowest BCUT2D eigenvalue weighted by Crippen LogP contribution is -2.29. The van der Waals surface area contributed by atoms with Crippen LogP contribution in [0.4, 0.5) is 17.1 Å². The smallest absolute Gasteiger partial charge is 0.0720 e. The SMILES string of the molecule is c1ccc(-c2ccc(N(c3ccc4c(c3)-c3ccccc3C4(c3ccccc3)c3ccccc3)c3ccc4c(c3)C(c3ccccc3)(c3ccccc3)c3c-4ccc4ccccc34)cc2)cc1. The fourth-order valence-electron chi connectivity index (χ4n) is 11.9. The van der Waals surface area contributed by atoms with Crippen LogP contribution in [-0.2, 0) is 10.8 Å². The number of hydrogen-bond acceptors (Lipinski definition) is 1. The molecule has 0 spiro atoms. The third-order valence-corrected chi connectivity index (χ3v) is 14.6. The molecular weight excluding hydrogens is 807 g/mol. The molecule has 0 amide bonds. The highest BCUT2D eigenvalue weighted by molar-refractivity contribution is 6.01. The molecule has 0 unspecified atom stereocenters. The van der Waals surface area contributed by atoms with Gasteiger partial charge < -0.3 is 4.90 Å². The van der Waals surface area contributed by atoms with Crippen LogP contribution < -0.4 is 4.90 Å². The first-order chi connectivity index (χ1) is 33.2. The van der Waals surface area contributed by atoms with E-state index in [4.69, 9.17) is 0 Å². The molecule has 0 fully saturated rings. The maximum atomic E-state index is 2.49. The van der Waals surface area contributed by atoms with Crippen LogP contribution in [-0.4, -0.2) is 0 Å². The summed E-state index contributed by atoms with van der Waals surface area (Å²) in [5.41, 5.74) is 19.9. The summed E-state index contributed by atoms with van der Waals surface area (Å²) in [6.07, 6.45) is 0. The molecule has 0 saturated heterocycles. The van der Waals surface area contributed by atoms with Crippen molar-refractivity contribution in [2.75, 3.05) is 4.90 Å². The lowest BCUT2D eigenvalue weighted by molar-refractivity contribution is 0.768. The Morgan fingerprint density at radius 2 is 0.701 bits per heavy atom. The number of benzene rings is 11. The van der Waals surface area contributed by atoms with Gasteiger partial charge in [0, 0.05) is 17.1 Å². The van der Waals surface area contributed by atoms with Gasteiger partial charge in [-0.25, -0.2) is 0 Å². The Bertz CT molecular complexity index is 3520. The van der Waals surface area contributed by atoms with Gasteiger partial charge in [-0.1, -0.05) is 237 Å². The lowest BCUT2D eigenvalue weighted by Gasteiger charge is -2.36. The van der Waals surface area contributed by atoms with E-state index in [1.807, 2.05) is 0 Å². The minimum absolute atomic E-state index is 0.484. The largest absolute Gasteiger partial charge is 0.310 e. The van der Waals surface area contributed by atoms with Gasteiger partial charge in [0.15, 0.2) is 0 Å². The molecule has 0 bridgehead atoms. The summed E-state index contributed by atoms with van der Waals surface area (Å²) < 4.78 is 0. The molecular formula is C66H45N. The van der Waals surface area contributed by atoms with E-state index in [2.05, 4.69) is 278 Å². The van der Waals surface area contributed by atoms with Gasteiger partial charge in [0.1, 0.15) is 0 Å². The molecule has 2 aliphatic carbocycles. The van der Waals surface area contributed by atoms with E-state index in [-0.39, 0.29) is 0 Å². The standard InChI is InChI=1S/C66H45N/c1-6-20-46(21-7-1)47-34-37-53(38-35-47)67(54-40-43-62-60(44-54)57-32-18-19-33-61(57)65(62,49-23-8-2-9-24-49)50-25-10-3-11-26-50)55-39-42-58-59-41-36-48-22-16-17-31-56(48)64(59)66(63(58)45-55,51-27-12-4-13-28-51)52-29-14-5-15-30-52/h1-45H. The molecule has 11 aromatic carbocycles. The maximum absolute atomic E-state index is 2.49. The molecule has 1 heteroatoms. The molecule has 0 N–H and O–H groups in total. The van der Waals surface area contributed by atoms with Crippen molar-refractivity contribution in [1.29, 1.82) is 0 Å². The van der Waals surface area contributed by atoms with Crippen molar-refractivity contribution >= 4 is 27.8 Å². The zero-order chi connectivity index (χ0) is 44.4. The van der Waals surface area contributed by atoms with Gasteiger partial charge in [-0.15, -0.1) is 0 Å². The molecule has 0 atom stereocenters. The summed E-state index contributed by atoms with van der Waals surface area (Å²) in [5.74, 6) is 0. The third kappa shape index (κ3) is 5.81. The van der Waals surface area contributed by atoms with Gasteiger partial charge in [0.25, 0.3) is 0 Å². The van der Waals surface area contributed by atoms with E-state index in [1.165, 1.54) is 88.7 Å². The molecule has 0 aliphatic heterocycles. The van der Waals surface area contributed by atoms with Gasteiger partial charge in [0.05, 0.1) is 10.8 Å². The molecule has 67 heavy (non-hydrogen) atoms. The van der Waals surface area contributed by atoms with Crippen molar-refractivity contribution in [2.45, 2.75) is 10.8 Å². The Labute approximate surface area is 392 Å². The van der Waals surface area contributed by atoms with E-state index in [1.54, 1.807) is 0 Å². The summed E-state index contributed by atoms with van der Waals surface area (Å²) in [5, 5.41) is 2.52. The predicted molar refractivity (Wildman–Crippen MR) is 279 cm³/mol. The third-order valence-electron chi connectivity index (χ3n) is 14.6. The first-order valence-electron chi connectivity index (χ1n) is 23.3. The topological polar surface area (TPSA) is 3.24 Å². The van der Waals surface area contributed by atoms with E-state index in [0.29, 0.717) is 0 Å². The van der Waals surface area contributed by atoms with Gasteiger partial charge in [-0.3, -0.25) is 0 Å². The van der Waals surface area contributed by atoms with Gasteiger partial charge in [-0.05, 0) is 125 Å². The van der Waals surface area contributed by atoms with Crippen LogP contribution in [0.15, 0.2) is 273 Å². The molecule has 1 nitrogen and oxygen atoms in total. The number of rotatable bonds is 8. The Morgan fingerprint density at radius 1 is 0.254 bits per heavy atom. The summed E-state index contributed by atoms with van der Waals surface area (Å²) in [6, 6.07) is 101. The summed E-state index contributed by atoms with van der Waals surface area (Å²) in [4.78, 5) is 2.48. The van der Waals surface area contributed by atoms with Crippen molar-refractivity contribution in [2.24, 2.45) is 0 Å². The monoisotopic (exact) mass is 851 g/mol. The second-order valence-corrected chi connectivity index (χ2v) is 17.9. The van der Waals surface area contributed by atoms with Crippen molar-refractivity contribution in [1.82, 2.24) is 0 Å². The zero-order valence-electron chi connectivity index (χ0n) is 36.9. The van der Waals surface area contributed by atoms with Crippen LogP contribution in [0, 0.1) is 0 Å². The maximum Gasteiger partial charge on any atom is 0.0720 e. The van der Waals surface area contributed by atoms with Crippen molar-refractivity contribution < 1.29 is 0 Å². The highest BCUT2D eigenvalue weighted by Crippen LogP contribution is 2.60. The van der Waals surface area contributed by atoms with E-state index in [9.17, 15) is 0 Å². The fourth-order valence-corrected chi connectivity index (χ4v) is 11.9. The van der Waals surface area contributed by atoms with E-state index in [0.717, 1.165) is 17.1 Å². The summed E-state index contributed by atoms with van der Waals surface area (Å²) in [6.45, 7) is 0. The fraction of sp³-hybridized carbons (Fsp3) is 0.0303. The van der Waals surface area contributed by atoms with Crippen LogP contribution >= 0.6 is 0 Å². The Morgan fingerprint density at radius 3 is 1.34 bits per heavy atom. The molecule has 0 aromatic heterocycles. The first kappa shape index (κ1) is 38.9. The van der Waals surface area contributed by atoms with Crippen LogP contribution in [0.3, 0.4) is 0 Å². The van der Waals surface area contributed by atoms with Crippen molar-refractivity contribution in [3.05, 3.63) is 317 Å². The molecule has 11 aromatic rings. The summed E-state index contributed by atoms with van der Waals surface area (Å²) in [7, 11) is 0. The van der Waals surface area contributed by atoms with Crippen LogP contribution in [0.2, 0.25) is 0 Å². The van der Waals surface area contributed by atoms with Crippen LogP contribution in [0.25, 0.3) is 44.2 Å². The zero-order valence-corrected chi connectivity index (χ0v) is 36.9. The average molecular weight is 852 g/mol. The number of anilines is 3. The number of hydrogen-bond donors (Lipinski definition) is 0. The molecule has 0 radical (unpaired) electrons. The molecule has 13 rings (SSSR count). The molecule has 314 valence electrons. The second-order valence-electron chi connectivity index (χ2n) is 17.9. The number of fused-ring (bicyclic) bond motifs is 8. The van der Waals surface area contributed by atoms with Crippen molar-refractivity contribution in [3.8, 4) is 33.4 Å². The van der Waals surface area contributed by atoms with Crippen LogP contribution in [0.1, 0.15) is 44.5 Å². The molecule has 2 aliphatic rings. The quantitative estimate of drug-likeness (QED) is 0.147. The highest BCUT2D eigenvalue weighted by atomic mass is 15.1. The Kier molecular flexibility index (Phi) is 9.05. The van der Waals surface area contributed by atoms with Crippen LogP contribution in [0.5, 0.6) is 0 Å². The van der Waals surface area contributed by atoms with Gasteiger partial charge in [-0.2, -0.15) is 0 Å². The molecule has 0 saturated carbocycles. The number of nitrogens with zero attached hydrogens (tertiary/aromatic N) is 1. The first-order valence-corrected chi connectivity index (χ1v) is 23.3. The average Bonchev–Trinajstić information content (AvgIpc) is 3.88. The second kappa shape index (κ2) is 15.6. The molecule has 0 heterocycles. The summed E-state index contributed by atoms with van der Waals surface area (Å²) >= 11 is 0. The van der Waals surface area contributed by atoms with Gasteiger partial charge >= 0.3 is 0 Å². The Balaban J connectivity index is 1.08. The normalized spacial score (nSPS) is 13.6. The van der Waals surface area contributed by atoms with E-state index >= 15 is 0 Å². The van der Waals surface area contributed by atoms with Crippen molar-refractivity contribution in [3.63, 3.8) is 0 Å². The van der Waals surface area contributed by atoms with E-state index < -0.39 is 10.8 Å². The Hall–Kier alpha value is -8.52. The minimum Gasteiger partial charge on any atom is -0.310 e. The lowest BCUT2D eigenvalue weighted by atomic mass is 9.66. The minimum atomic E-state index is -0.589. The predicted octanol–water partition coefficient (Wildman–Crippen LogP) is 16.7. The van der Waals surface area contributed by atoms with Gasteiger partial charge in [0.2, 0.25) is 0 Å². The highest BCUT2D eigenvalue weighted by Gasteiger charge is 2.48.